The molecule has 0 unspecified atom stereocenters. The van der Waals surface area contributed by atoms with Gasteiger partial charge >= 0.3 is 6.21 Å². The zero-order valence-corrected chi connectivity index (χ0v) is 9.00. The van der Waals surface area contributed by atoms with Crippen molar-refractivity contribution in [2.75, 3.05) is 0 Å². The Kier molecular flexibility index (Phi) is 4.70. The SMILES string of the molecule is CC[Si](C)(CC)CC(=O)C=[N+]=[N-]. The van der Waals surface area contributed by atoms with E-state index in [1.807, 2.05) is 0 Å². The van der Waals surface area contributed by atoms with E-state index in [0.29, 0.717) is 6.04 Å². The van der Waals surface area contributed by atoms with Crippen LogP contribution in [0.15, 0.2) is 0 Å². The maximum atomic E-state index is 11.1. The fraction of sp³-hybridized carbons (Fsp3) is 0.750. The van der Waals surface area contributed by atoms with E-state index in [2.05, 4.69) is 25.2 Å². The second-order valence-electron chi connectivity index (χ2n) is 3.41. The van der Waals surface area contributed by atoms with Crippen molar-refractivity contribution in [1.82, 2.24) is 0 Å². The van der Waals surface area contributed by atoms with Crippen LogP contribution in [0, 0.1) is 0 Å². The third-order valence-corrected chi connectivity index (χ3v) is 7.13. The quantitative estimate of drug-likeness (QED) is 0.279. The van der Waals surface area contributed by atoms with Crippen LogP contribution in [0.3, 0.4) is 0 Å². The summed E-state index contributed by atoms with van der Waals surface area (Å²) >= 11 is 0. The largest absolute Gasteiger partial charge is 0.361 e. The predicted octanol–water partition coefficient (Wildman–Crippen LogP) is 1.97. The summed E-state index contributed by atoms with van der Waals surface area (Å²) in [6.45, 7) is 6.45. The van der Waals surface area contributed by atoms with E-state index >= 15 is 0 Å². The van der Waals surface area contributed by atoms with Gasteiger partial charge < -0.3 is 5.53 Å². The molecule has 4 heteroatoms. The van der Waals surface area contributed by atoms with Crippen LogP contribution < -0.4 is 0 Å². The van der Waals surface area contributed by atoms with Crippen molar-refractivity contribution in [2.24, 2.45) is 0 Å². The maximum Gasteiger partial charge on any atom is 0.322 e. The number of ketones is 1. The van der Waals surface area contributed by atoms with E-state index in [-0.39, 0.29) is 5.78 Å². The number of rotatable bonds is 5. The number of Topliss-reactive ketones (excluding diaryl/α,β-unsaturated/α-hetero) is 1. The summed E-state index contributed by atoms with van der Waals surface area (Å²) in [5.41, 5.74) is 8.14. The summed E-state index contributed by atoms with van der Waals surface area (Å²) in [6.07, 6.45) is 1.01. The molecule has 0 saturated heterocycles. The first kappa shape index (κ1) is 11.3. The van der Waals surface area contributed by atoms with E-state index < -0.39 is 8.07 Å². The number of hydrogen-bond donors (Lipinski definition) is 0. The van der Waals surface area contributed by atoms with Crippen LogP contribution in [0.4, 0.5) is 0 Å². The van der Waals surface area contributed by atoms with E-state index in [0.717, 1.165) is 18.3 Å². The molecule has 0 N–H and O–H groups in total. The second kappa shape index (κ2) is 5.01. The molecule has 12 heavy (non-hydrogen) atoms. The molecule has 0 fully saturated rings. The van der Waals surface area contributed by atoms with E-state index in [4.69, 9.17) is 5.53 Å². The third kappa shape index (κ3) is 3.60. The minimum absolute atomic E-state index is 0.0460. The van der Waals surface area contributed by atoms with Gasteiger partial charge in [0.05, 0.1) is 8.07 Å². The van der Waals surface area contributed by atoms with Crippen LogP contribution >= 0.6 is 0 Å². The molecular weight excluding hydrogens is 168 g/mol. The Bertz CT molecular complexity index is 205. The molecule has 0 heterocycles. The molecule has 0 atom stereocenters. The highest BCUT2D eigenvalue weighted by atomic mass is 28.3. The van der Waals surface area contributed by atoms with Crippen molar-refractivity contribution in [2.45, 2.75) is 38.5 Å². The molecular formula is C8H16N2OSi. The molecule has 0 radical (unpaired) electrons. The Balaban J connectivity index is 4.20. The minimum Gasteiger partial charge on any atom is -0.361 e. The van der Waals surface area contributed by atoms with Gasteiger partial charge in [-0.05, 0) is 0 Å². The van der Waals surface area contributed by atoms with Crippen LogP contribution in [0.2, 0.25) is 24.7 Å². The predicted molar refractivity (Wildman–Crippen MR) is 52.1 cm³/mol. The molecule has 0 aromatic carbocycles. The molecule has 68 valence electrons. The molecule has 0 bridgehead atoms. The summed E-state index contributed by atoms with van der Waals surface area (Å²) in [5, 5.41) is 0. The summed E-state index contributed by atoms with van der Waals surface area (Å²) in [5.74, 6) is -0.0460. The van der Waals surface area contributed by atoms with Crippen LogP contribution in [-0.4, -0.2) is 24.9 Å². The fourth-order valence-corrected chi connectivity index (χ4v) is 2.96. The Labute approximate surface area is 74.4 Å². The highest BCUT2D eigenvalue weighted by Crippen LogP contribution is 2.19. The maximum absolute atomic E-state index is 11.1. The van der Waals surface area contributed by atoms with Crippen LogP contribution in [0.25, 0.3) is 5.53 Å². The van der Waals surface area contributed by atoms with Crippen molar-refractivity contribution < 1.29 is 9.58 Å². The molecule has 0 aliphatic rings. The van der Waals surface area contributed by atoms with Crippen molar-refractivity contribution in [3.63, 3.8) is 0 Å². The molecule has 0 aliphatic heterocycles. The standard InChI is InChI=1S/C8H16N2OSi/c1-4-12(3,5-2)7-8(11)6-10-9/h6H,4-5,7H2,1-3H3. The van der Waals surface area contributed by atoms with Gasteiger partial charge in [-0.25, -0.2) is 0 Å². The van der Waals surface area contributed by atoms with Gasteiger partial charge in [-0.1, -0.05) is 32.5 Å². The molecule has 0 rings (SSSR count). The second-order valence-corrected chi connectivity index (χ2v) is 8.79. The third-order valence-electron chi connectivity index (χ3n) is 2.51. The lowest BCUT2D eigenvalue weighted by atomic mass is 10.5. The highest BCUT2D eigenvalue weighted by Gasteiger charge is 2.26. The molecule has 0 saturated carbocycles. The summed E-state index contributed by atoms with van der Waals surface area (Å²) in [4.78, 5) is 13.8. The first-order valence-electron chi connectivity index (χ1n) is 4.28. The van der Waals surface area contributed by atoms with Crippen molar-refractivity contribution in [1.29, 1.82) is 0 Å². The van der Waals surface area contributed by atoms with Gasteiger partial charge in [-0.3, -0.25) is 4.79 Å². The van der Waals surface area contributed by atoms with Crippen molar-refractivity contribution in [3.05, 3.63) is 5.53 Å². The smallest absolute Gasteiger partial charge is 0.322 e. The lowest BCUT2D eigenvalue weighted by molar-refractivity contribution is -0.114. The van der Waals surface area contributed by atoms with Gasteiger partial charge in [0.1, 0.15) is 0 Å². The number of carbonyl (C=O) groups is 1. The summed E-state index contributed by atoms with van der Waals surface area (Å²) < 4.78 is 0. The summed E-state index contributed by atoms with van der Waals surface area (Å²) in [7, 11) is -1.35. The monoisotopic (exact) mass is 184 g/mol. The van der Waals surface area contributed by atoms with Crippen molar-refractivity contribution in [3.8, 4) is 0 Å². The van der Waals surface area contributed by atoms with Gasteiger partial charge in [0.2, 0.25) is 5.78 Å². The van der Waals surface area contributed by atoms with E-state index in [9.17, 15) is 4.79 Å². The topological polar surface area (TPSA) is 53.5 Å². The van der Waals surface area contributed by atoms with E-state index in [1.54, 1.807) is 0 Å². The number of hydrogen-bond acceptors (Lipinski definition) is 1. The summed E-state index contributed by atoms with van der Waals surface area (Å²) in [6, 6.07) is 2.81. The average Bonchev–Trinajstić information content (AvgIpc) is 2.05. The Morgan fingerprint density at radius 3 is 2.33 bits per heavy atom. The normalized spacial score (nSPS) is 10.6. The number of carbonyl (C=O) groups excluding carboxylic acids is 1. The molecule has 0 amide bonds. The molecule has 0 spiro atoms. The lowest BCUT2D eigenvalue weighted by Gasteiger charge is -2.21. The molecule has 0 aliphatic carbocycles. The first-order valence-corrected chi connectivity index (χ1v) is 7.40. The molecule has 0 aromatic rings. The minimum atomic E-state index is -1.35. The average molecular weight is 184 g/mol. The zero-order chi connectivity index (χ0) is 9.61. The molecule has 0 aromatic heterocycles. The lowest BCUT2D eigenvalue weighted by Crippen LogP contribution is -2.31. The van der Waals surface area contributed by atoms with Gasteiger partial charge in [-0.15, -0.1) is 0 Å². The van der Waals surface area contributed by atoms with Crippen LogP contribution in [0.5, 0.6) is 0 Å². The first-order chi connectivity index (χ1) is 5.58. The zero-order valence-electron chi connectivity index (χ0n) is 8.00. The van der Waals surface area contributed by atoms with Crippen LogP contribution in [0.1, 0.15) is 13.8 Å². The van der Waals surface area contributed by atoms with Gasteiger partial charge in [0.25, 0.3) is 0 Å². The number of nitrogens with zero attached hydrogens (tertiary/aromatic N) is 2. The fourth-order valence-electron chi connectivity index (χ4n) is 1.03. The Morgan fingerprint density at radius 1 is 1.50 bits per heavy atom. The molecule has 3 nitrogen and oxygen atoms in total. The van der Waals surface area contributed by atoms with Gasteiger partial charge in [0.15, 0.2) is 0 Å². The van der Waals surface area contributed by atoms with E-state index in [1.165, 1.54) is 0 Å². The Morgan fingerprint density at radius 2 is 2.00 bits per heavy atom. The Hall–Kier alpha value is -0.733. The van der Waals surface area contributed by atoms with Gasteiger partial charge in [-0.2, -0.15) is 4.79 Å². The van der Waals surface area contributed by atoms with Gasteiger partial charge in [0, 0.05) is 6.04 Å². The van der Waals surface area contributed by atoms with Crippen LogP contribution in [-0.2, 0) is 4.79 Å². The van der Waals surface area contributed by atoms with Crippen molar-refractivity contribution >= 4 is 20.1 Å². The highest BCUT2D eigenvalue weighted by molar-refractivity contribution is 6.82.